The molecule has 0 aromatic heterocycles. The maximum Gasteiger partial charge on any atom is 0.126 e. The SMILES string of the molecule is CC(C)C1CCc2ccccc21.CCC1CCc2c(F)cccc21.CCC1CCc2cc(F)ccc21. The minimum atomic E-state index is -0.0921. The van der Waals surface area contributed by atoms with E-state index in [9.17, 15) is 8.78 Å². The summed E-state index contributed by atoms with van der Waals surface area (Å²) in [7, 11) is 0. The van der Waals surface area contributed by atoms with E-state index in [4.69, 9.17) is 0 Å². The lowest BCUT2D eigenvalue weighted by Gasteiger charge is -2.14. The van der Waals surface area contributed by atoms with Gasteiger partial charge in [0.1, 0.15) is 11.6 Å². The number of hydrogen-bond donors (Lipinski definition) is 0. The van der Waals surface area contributed by atoms with Gasteiger partial charge in [-0.05, 0) is 127 Å². The molecular weight excluding hydrogens is 446 g/mol. The maximum atomic E-state index is 13.2. The molecule has 3 atom stereocenters. The van der Waals surface area contributed by atoms with E-state index in [-0.39, 0.29) is 11.6 Å². The van der Waals surface area contributed by atoms with Crippen LogP contribution in [0.4, 0.5) is 8.78 Å². The smallest absolute Gasteiger partial charge is 0.126 e. The Bertz CT molecular complexity index is 1150. The molecule has 0 N–H and O–H groups in total. The van der Waals surface area contributed by atoms with Crippen molar-refractivity contribution in [3.8, 4) is 0 Å². The summed E-state index contributed by atoms with van der Waals surface area (Å²) in [4.78, 5) is 0. The van der Waals surface area contributed by atoms with Crippen LogP contribution in [0.15, 0.2) is 60.7 Å². The van der Waals surface area contributed by atoms with Gasteiger partial charge in [-0.3, -0.25) is 0 Å². The van der Waals surface area contributed by atoms with Gasteiger partial charge in [-0.2, -0.15) is 0 Å². The van der Waals surface area contributed by atoms with Crippen LogP contribution in [0, 0.1) is 17.6 Å². The van der Waals surface area contributed by atoms with Crippen LogP contribution in [0.2, 0.25) is 0 Å². The Hall–Kier alpha value is -2.48. The van der Waals surface area contributed by atoms with Gasteiger partial charge < -0.3 is 0 Å². The summed E-state index contributed by atoms with van der Waals surface area (Å²) in [5, 5.41) is 0. The Morgan fingerprint density at radius 2 is 1.36 bits per heavy atom. The van der Waals surface area contributed by atoms with Gasteiger partial charge in [0.05, 0.1) is 0 Å². The van der Waals surface area contributed by atoms with Gasteiger partial charge in [0.15, 0.2) is 0 Å². The number of aryl methyl sites for hydroxylation is 2. The first-order valence-electron chi connectivity index (χ1n) is 14.1. The summed E-state index contributed by atoms with van der Waals surface area (Å²) in [6.45, 7) is 9.02. The van der Waals surface area contributed by atoms with E-state index < -0.39 is 0 Å². The molecule has 6 rings (SSSR count). The van der Waals surface area contributed by atoms with Crippen molar-refractivity contribution in [3.63, 3.8) is 0 Å². The van der Waals surface area contributed by atoms with Crippen molar-refractivity contribution >= 4 is 0 Å². The Morgan fingerprint density at radius 3 is 2.11 bits per heavy atom. The minimum absolute atomic E-state index is 0.0107. The van der Waals surface area contributed by atoms with Crippen molar-refractivity contribution in [2.24, 2.45) is 5.92 Å². The molecule has 3 aromatic rings. The van der Waals surface area contributed by atoms with Crippen molar-refractivity contribution < 1.29 is 8.78 Å². The third kappa shape index (κ3) is 5.90. The molecule has 3 unspecified atom stereocenters. The van der Waals surface area contributed by atoms with Gasteiger partial charge >= 0.3 is 0 Å². The van der Waals surface area contributed by atoms with Gasteiger partial charge in [-0.1, -0.05) is 70.2 Å². The van der Waals surface area contributed by atoms with Crippen LogP contribution >= 0.6 is 0 Å². The fraction of sp³-hybridized carbons (Fsp3) is 0.471. The zero-order valence-electron chi connectivity index (χ0n) is 22.5. The highest BCUT2D eigenvalue weighted by atomic mass is 19.1. The monoisotopic (exact) mass is 488 g/mol. The van der Waals surface area contributed by atoms with Crippen LogP contribution in [0.3, 0.4) is 0 Å². The van der Waals surface area contributed by atoms with Crippen LogP contribution < -0.4 is 0 Å². The summed E-state index contributed by atoms with van der Waals surface area (Å²) in [6.07, 6.45) is 9.29. The Balaban J connectivity index is 0.000000127. The molecule has 0 radical (unpaired) electrons. The second kappa shape index (κ2) is 12.2. The van der Waals surface area contributed by atoms with Crippen LogP contribution in [0.25, 0.3) is 0 Å². The van der Waals surface area contributed by atoms with E-state index in [0.717, 1.165) is 43.1 Å². The Morgan fingerprint density at radius 1 is 0.694 bits per heavy atom. The highest BCUT2D eigenvalue weighted by Gasteiger charge is 2.24. The normalized spacial score (nSPS) is 21.1. The van der Waals surface area contributed by atoms with Gasteiger partial charge in [0, 0.05) is 0 Å². The van der Waals surface area contributed by atoms with Gasteiger partial charge in [0.2, 0.25) is 0 Å². The molecule has 0 saturated carbocycles. The summed E-state index contributed by atoms with van der Waals surface area (Å²) in [6, 6.07) is 19.6. The molecule has 0 heterocycles. The molecule has 0 spiro atoms. The van der Waals surface area contributed by atoms with E-state index >= 15 is 0 Å². The topological polar surface area (TPSA) is 0 Å². The average molecular weight is 489 g/mol. The minimum Gasteiger partial charge on any atom is -0.207 e. The van der Waals surface area contributed by atoms with Crippen LogP contribution in [0.1, 0.15) is 111 Å². The third-order valence-corrected chi connectivity index (χ3v) is 8.61. The molecule has 36 heavy (non-hydrogen) atoms. The van der Waals surface area contributed by atoms with Crippen molar-refractivity contribution in [3.05, 3.63) is 106 Å². The van der Waals surface area contributed by atoms with Crippen LogP contribution in [0.5, 0.6) is 0 Å². The average Bonchev–Trinajstić information content (AvgIpc) is 3.61. The summed E-state index contributed by atoms with van der Waals surface area (Å²) >= 11 is 0. The molecule has 0 amide bonds. The van der Waals surface area contributed by atoms with Crippen LogP contribution in [-0.2, 0) is 19.3 Å². The number of fused-ring (bicyclic) bond motifs is 3. The Kier molecular flexibility index (Phi) is 8.99. The zero-order valence-corrected chi connectivity index (χ0v) is 22.5. The first-order valence-corrected chi connectivity index (χ1v) is 14.1. The zero-order chi connectivity index (χ0) is 25.7. The van der Waals surface area contributed by atoms with Gasteiger partial charge in [-0.25, -0.2) is 8.78 Å². The predicted molar refractivity (Wildman–Crippen MR) is 148 cm³/mol. The highest BCUT2D eigenvalue weighted by molar-refractivity contribution is 5.37. The lowest BCUT2D eigenvalue weighted by Crippen LogP contribution is -2.01. The van der Waals surface area contributed by atoms with Crippen LogP contribution in [-0.4, -0.2) is 0 Å². The standard InChI is InChI=1S/C12H16.2C11H13F/c1-9(2)11-8-7-10-5-3-4-6-12(10)11;1-2-8-3-4-9-7-10(12)5-6-11(8)9;1-2-8-6-7-10-9(8)4-3-5-11(10)12/h3-6,9,11H,7-8H2,1-2H3;5-8H,2-4H2,1H3;3-5,8H,2,6-7H2,1H3. The molecule has 3 aromatic carbocycles. The van der Waals surface area contributed by atoms with E-state index in [0.29, 0.717) is 11.8 Å². The molecule has 3 aliphatic rings. The second-order valence-corrected chi connectivity index (χ2v) is 11.0. The number of rotatable bonds is 3. The lowest BCUT2D eigenvalue weighted by atomic mass is 9.90. The van der Waals surface area contributed by atoms with Crippen molar-refractivity contribution in [2.75, 3.05) is 0 Å². The molecule has 0 nitrogen and oxygen atoms in total. The summed E-state index contributed by atoms with van der Waals surface area (Å²) < 4.78 is 26.0. The lowest BCUT2D eigenvalue weighted by molar-refractivity contribution is 0.496. The maximum absolute atomic E-state index is 13.2. The molecule has 0 fully saturated rings. The Labute approximate surface area is 217 Å². The van der Waals surface area contributed by atoms with Gasteiger partial charge in [0.25, 0.3) is 0 Å². The molecule has 0 aliphatic heterocycles. The van der Waals surface area contributed by atoms with E-state index in [1.807, 2.05) is 12.1 Å². The number of benzene rings is 3. The van der Waals surface area contributed by atoms with Crippen molar-refractivity contribution in [1.29, 1.82) is 0 Å². The number of hydrogen-bond acceptors (Lipinski definition) is 0. The quantitative estimate of drug-likeness (QED) is 0.344. The molecule has 2 heteroatoms. The fourth-order valence-electron chi connectivity index (χ4n) is 6.50. The first kappa shape index (κ1) is 26.6. The largest absolute Gasteiger partial charge is 0.207 e. The summed E-state index contributed by atoms with van der Waals surface area (Å²) in [5.74, 6) is 2.81. The molecule has 3 aliphatic carbocycles. The van der Waals surface area contributed by atoms with Crippen molar-refractivity contribution in [1.82, 2.24) is 0 Å². The highest BCUT2D eigenvalue weighted by Crippen LogP contribution is 2.38. The molecular formula is C34H42F2. The molecule has 0 bridgehead atoms. The second-order valence-electron chi connectivity index (χ2n) is 11.0. The fourth-order valence-corrected chi connectivity index (χ4v) is 6.50. The van der Waals surface area contributed by atoms with E-state index in [2.05, 4.69) is 58.0 Å². The summed E-state index contributed by atoms with van der Waals surface area (Å²) in [5.41, 5.74) is 7.99. The molecule has 192 valence electrons. The molecule has 0 saturated heterocycles. The van der Waals surface area contributed by atoms with E-state index in [1.165, 1.54) is 42.4 Å². The van der Waals surface area contributed by atoms with Gasteiger partial charge in [-0.15, -0.1) is 0 Å². The first-order chi connectivity index (χ1) is 17.4. The predicted octanol–water partition coefficient (Wildman–Crippen LogP) is 9.90. The van der Waals surface area contributed by atoms with E-state index in [1.54, 1.807) is 29.3 Å². The van der Waals surface area contributed by atoms with Crippen molar-refractivity contribution in [2.45, 2.75) is 96.8 Å². The number of halogens is 2. The third-order valence-electron chi connectivity index (χ3n) is 8.61.